The third-order valence-corrected chi connectivity index (χ3v) is 7.64. The topological polar surface area (TPSA) is 279 Å². The van der Waals surface area contributed by atoms with Gasteiger partial charge in [-0.2, -0.15) is 8.62 Å². The Kier molecular flexibility index (Phi) is 10.1. The second kappa shape index (κ2) is 11.1. The molecule has 1 aliphatic rings. The van der Waals surface area contributed by atoms with E-state index in [1.165, 1.54) is 11.1 Å². The Morgan fingerprint density at radius 1 is 1.19 bits per heavy atom. The molecule has 0 aliphatic carbocycles. The highest BCUT2D eigenvalue weighted by Crippen LogP contribution is 2.66. The van der Waals surface area contributed by atoms with Gasteiger partial charge in [0.05, 0.1) is 18.3 Å². The number of halogens is 1. The van der Waals surface area contributed by atoms with Crippen molar-refractivity contribution in [3.05, 3.63) is 37.6 Å². The molecule has 17 nitrogen and oxygen atoms in total. The van der Waals surface area contributed by atoms with Gasteiger partial charge in [0.15, 0.2) is 0 Å². The van der Waals surface area contributed by atoms with E-state index in [1.807, 2.05) is 4.98 Å². The van der Waals surface area contributed by atoms with Gasteiger partial charge in [0.1, 0.15) is 12.3 Å². The Bertz CT molecular complexity index is 1100. The van der Waals surface area contributed by atoms with E-state index < -0.39 is 59.8 Å². The van der Waals surface area contributed by atoms with Crippen LogP contribution in [0.3, 0.4) is 0 Å². The van der Waals surface area contributed by atoms with Crippen molar-refractivity contribution in [3.63, 3.8) is 0 Å². The molecule has 184 valence electrons. The maximum absolute atomic E-state index is 12.0. The number of H-pyrrole nitrogens is 1. The summed E-state index contributed by atoms with van der Waals surface area (Å²) in [6, 6.07) is 0. The Balaban J connectivity index is 0.00000512. The number of aromatic nitrogens is 2. The lowest BCUT2D eigenvalue weighted by Crippen LogP contribution is -2.33. The minimum absolute atomic E-state index is 0. The first kappa shape index (κ1) is 29.2. The molecule has 5 atom stereocenters. The molecule has 2 heterocycles. The zero-order valence-electron chi connectivity index (χ0n) is 15.7. The number of aliphatic hydroxyl groups is 1. The maximum atomic E-state index is 12.0. The van der Waals surface area contributed by atoms with Crippen LogP contribution in [0, 0.1) is 0 Å². The number of phosphoric acid groups is 3. The fraction of sp³-hybridized carbons (Fsp3) is 0.455. The van der Waals surface area contributed by atoms with Gasteiger partial charge in [-0.05, 0) is 11.1 Å². The van der Waals surface area contributed by atoms with Crippen LogP contribution in [0.4, 0.5) is 0 Å². The summed E-state index contributed by atoms with van der Waals surface area (Å²) in [6.45, 7) is -0.895. The minimum atomic E-state index is -5.69. The van der Waals surface area contributed by atoms with E-state index >= 15 is 0 Å². The summed E-state index contributed by atoms with van der Waals surface area (Å²) in [4.78, 5) is 62.6. The van der Waals surface area contributed by atoms with E-state index in [9.17, 15) is 33.3 Å². The highest BCUT2D eigenvalue weighted by atomic mass is 79.9. The van der Waals surface area contributed by atoms with Gasteiger partial charge in [0.25, 0.3) is 5.56 Å². The molecular weight excluding hydrogens is 571 g/mol. The fourth-order valence-corrected chi connectivity index (χ4v) is 5.72. The molecule has 1 aliphatic heterocycles. The first-order chi connectivity index (χ1) is 14.1. The van der Waals surface area contributed by atoms with Crippen LogP contribution in [0.1, 0.15) is 18.2 Å². The summed E-state index contributed by atoms with van der Waals surface area (Å²) in [5, 5.41) is 10.1. The summed E-state index contributed by atoms with van der Waals surface area (Å²) < 4.78 is 51.5. The number of nitrogens with zero attached hydrogens (tertiary/aromatic N) is 1. The second-order valence-electron chi connectivity index (χ2n) is 5.86. The number of hydrogen-bond donors (Lipinski definition) is 7. The maximum Gasteiger partial charge on any atom is 0.490 e. The molecule has 1 fully saturated rings. The largest absolute Gasteiger partial charge is 0.490 e. The van der Waals surface area contributed by atoms with E-state index in [0.29, 0.717) is 0 Å². The molecule has 2 rings (SSSR count). The van der Waals surface area contributed by atoms with Gasteiger partial charge < -0.3 is 35.6 Å². The average Bonchev–Trinajstić information content (AvgIpc) is 2.93. The lowest BCUT2D eigenvalue weighted by molar-refractivity contribution is -0.0450. The zero-order valence-corrected chi connectivity index (χ0v) is 19.9. The number of rotatable bonds is 9. The van der Waals surface area contributed by atoms with E-state index in [2.05, 4.69) is 29.1 Å². The van der Waals surface area contributed by atoms with Crippen molar-refractivity contribution < 1.29 is 56.3 Å². The number of aliphatic hydroxyl groups excluding tert-OH is 1. The normalized spacial score (nSPS) is 25.2. The molecular formula is C11H19BrN3O14P3. The van der Waals surface area contributed by atoms with Crippen LogP contribution in [0.2, 0.25) is 0 Å². The Morgan fingerprint density at radius 3 is 2.38 bits per heavy atom. The molecule has 32 heavy (non-hydrogen) atoms. The van der Waals surface area contributed by atoms with Crippen molar-refractivity contribution in [2.45, 2.75) is 24.9 Å². The molecule has 0 spiro atoms. The van der Waals surface area contributed by atoms with Crippen molar-refractivity contribution in [2.75, 3.05) is 6.61 Å². The molecule has 0 amide bonds. The standard InChI is InChI=1S/C11H16BrN2O14P3.H3N/c12-2-1-6-4-14(11(17)13-10(6)16)9-3-7(15)8(26-9)5-25-30(21,22)28-31(23,24)27-29(18,19)20;/h1-2,4,7-9,15H,3,5H2,(H,21,22)(H,23,24)(H,13,16,17)(H2,18,19,20);1H3/b2-1+;/t7-,8+,9+;/m0./s1. The third-order valence-electron chi connectivity index (χ3n) is 3.57. The third kappa shape index (κ3) is 8.52. The predicted molar refractivity (Wildman–Crippen MR) is 109 cm³/mol. The lowest BCUT2D eigenvalue weighted by atomic mass is 10.2. The van der Waals surface area contributed by atoms with E-state index in [0.717, 1.165) is 10.8 Å². The molecule has 1 saturated heterocycles. The smallest absolute Gasteiger partial charge is 0.390 e. The predicted octanol–water partition coefficient (Wildman–Crippen LogP) is 0.0559. The van der Waals surface area contributed by atoms with Crippen LogP contribution >= 0.6 is 39.4 Å². The Hall–Kier alpha value is -0.810. The number of nitrogens with one attached hydrogen (secondary N) is 1. The van der Waals surface area contributed by atoms with E-state index in [-0.39, 0.29) is 18.1 Å². The summed E-state index contributed by atoms with van der Waals surface area (Å²) >= 11 is 2.98. The van der Waals surface area contributed by atoms with Crippen molar-refractivity contribution in [1.82, 2.24) is 15.7 Å². The minimum Gasteiger partial charge on any atom is -0.390 e. The van der Waals surface area contributed by atoms with Crippen molar-refractivity contribution >= 4 is 45.5 Å². The average molecular weight is 590 g/mol. The second-order valence-corrected chi connectivity index (χ2v) is 10.8. The van der Waals surface area contributed by atoms with Gasteiger partial charge in [-0.1, -0.05) is 15.9 Å². The molecule has 0 bridgehead atoms. The lowest BCUT2D eigenvalue weighted by Gasteiger charge is -2.19. The highest BCUT2D eigenvalue weighted by Gasteiger charge is 2.42. The molecule has 1 aromatic rings. The molecule has 1 aromatic heterocycles. The summed E-state index contributed by atoms with van der Waals surface area (Å²) in [5.41, 5.74) is -1.46. The van der Waals surface area contributed by atoms with Gasteiger partial charge in [0.2, 0.25) is 0 Å². The van der Waals surface area contributed by atoms with Crippen molar-refractivity contribution in [3.8, 4) is 0 Å². The Labute approximate surface area is 186 Å². The Morgan fingerprint density at radius 2 is 1.81 bits per heavy atom. The number of hydrogen-bond acceptors (Lipinski definition) is 11. The van der Waals surface area contributed by atoms with Crippen LogP contribution in [0.25, 0.3) is 6.08 Å². The van der Waals surface area contributed by atoms with Gasteiger partial charge in [-0.25, -0.2) is 18.5 Å². The van der Waals surface area contributed by atoms with Gasteiger partial charge in [-0.15, -0.1) is 0 Å². The van der Waals surface area contributed by atoms with Crippen molar-refractivity contribution in [1.29, 1.82) is 0 Å². The highest BCUT2D eigenvalue weighted by molar-refractivity contribution is 9.11. The van der Waals surface area contributed by atoms with Crippen molar-refractivity contribution in [2.24, 2.45) is 0 Å². The van der Waals surface area contributed by atoms with Gasteiger partial charge >= 0.3 is 29.2 Å². The molecule has 9 N–H and O–H groups in total. The number of phosphoric ester groups is 1. The molecule has 2 unspecified atom stereocenters. The van der Waals surface area contributed by atoms with Crippen LogP contribution in [-0.4, -0.2) is 53.0 Å². The monoisotopic (exact) mass is 589 g/mol. The molecule has 0 aromatic carbocycles. The van der Waals surface area contributed by atoms with E-state index in [4.69, 9.17) is 19.4 Å². The van der Waals surface area contributed by atoms with E-state index in [1.54, 1.807) is 0 Å². The number of aromatic amines is 1. The van der Waals surface area contributed by atoms with Gasteiger partial charge in [0, 0.05) is 12.6 Å². The molecule has 0 radical (unpaired) electrons. The van der Waals surface area contributed by atoms with Crippen LogP contribution in [0.5, 0.6) is 0 Å². The van der Waals surface area contributed by atoms with Crippen LogP contribution < -0.4 is 17.4 Å². The summed E-state index contributed by atoms with van der Waals surface area (Å²) in [5.74, 6) is 0. The van der Waals surface area contributed by atoms with Crippen LogP contribution in [0.15, 0.2) is 20.8 Å². The fourth-order valence-electron chi connectivity index (χ4n) is 2.41. The molecule has 0 saturated carbocycles. The first-order valence-corrected chi connectivity index (χ1v) is 13.3. The first-order valence-electron chi connectivity index (χ1n) is 7.86. The van der Waals surface area contributed by atoms with Crippen LogP contribution in [-0.2, 0) is 31.6 Å². The quantitative estimate of drug-likeness (QED) is 0.187. The summed E-state index contributed by atoms with van der Waals surface area (Å²) in [6.07, 6.45) is -1.49. The SMILES string of the molecule is N.O=c1[nH]c(=O)n([C@H]2C[C@H](O)[C@@H](COP(=O)(O)OP(=O)(O)OP(=O)(O)O)O2)cc1/C=C/Br. The zero-order chi connectivity index (χ0) is 23.6. The number of ether oxygens (including phenoxy) is 1. The van der Waals surface area contributed by atoms with Gasteiger partial charge in [-0.3, -0.25) is 18.9 Å². The summed E-state index contributed by atoms with van der Waals surface area (Å²) in [7, 11) is -16.6. The molecule has 21 heteroatoms.